The van der Waals surface area contributed by atoms with E-state index in [-0.39, 0.29) is 5.57 Å². The van der Waals surface area contributed by atoms with Gasteiger partial charge < -0.3 is 5.32 Å². The van der Waals surface area contributed by atoms with E-state index in [1.807, 2.05) is 18.2 Å². The summed E-state index contributed by atoms with van der Waals surface area (Å²) in [5.74, 6) is -0.547. The minimum Gasteiger partial charge on any atom is -0.320 e. The first-order chi connectivity index (χ1) is 10.5. The molecular weight excluding hydrogens is 387 g/mol. The number of benzene rings is 2. The Bertz CT molecular complexity index is 780. The number of hydrogen-bond donors (Lipinski definition) is 1. The Balaban J connectivity index is 2.24. The molecule has 0 bridgehead atoms. The number of nitriles is 1. The van der Waals surface area contributed by atoms with E-state index < -0.39 is 5.91 Å². The van der Waals surface area contributed by atoms with Crippen molar-refractivity contribution in [2.45, 2.75) is 0 Å². The van der Waals surface area contributed by atoms with Gasteiger partial charge in [0.15, 0.2) is 0 Å². The average molecular weight is 396 g/mol. The normalized spacial score (nSPS) is 10.9. The second-order valence-corrected chi connectivity index (χ2v) is 6.06. The maximum Gasteiger partial charge on any atom is 0.266 e. The summed E-state index contributed by atoms with van der Waals surface area (Å²) in [7, 11) is 0. The number of amides is 1. The molecule has 0 unspecified atom stereocenters. The van der Waals surface area contributed by atoms with E-state index in [9.17, 15) is 4.79 Å². The summed E-state index contributed by atoms with van der Waals surface area (Å²) in [5, 5.41) is 12.5. The van der Waals surface area contributed by atoms with Gasteiger partial charge in [-0.3, -0.25) is 4.79 Å². The molecule has 1 N–H and O–H groups in total. The minimum absolute atomic E-state index is 0.0293. The number of rotatable bonds is 3. The van der Waals surface area contributed by atoms with Crippen molar-refractivity contribution in [3.63, 3.8) is 0 Å². The predicted molar refractivity (Wildman–Crippen MR) is 92.8 cm³/mol. The number of halogens is 3. The van der Waals surface area contributed by atoms with E-state index in [2.05, 4.69) is 21.2 Å². The zero-order chi connectivity index (χ0) is 16.1. The lowest BCUT2D eigenvalue weighted by Crippen LogP contribution is -2.13. The average Bonchev–Trinajstić information content (AvgIpc) is 2.50. The monoisotopic (exact) mass is 394 g/mol. The molecule has 6 heteroatoms. The van der Waals surface area contributed by atoms with Crippen molar-refractivity contribution >= 4 is 56.8 Å². The van der Waals surface area contributed by atoms with Gasteiger partial charge in [-0.05, 0) is 42.0 Å². The van der Waals surface area contributed by atoms with Crippen molar-refractivity contribution in [1.82, 2.24) is 0 Å². The van der Waals surface area contributed by atoms with Crippen molar-refractivity contribution in [2.24, 2.45) is 0 Å². The van der Waals surface area contributed by atoms with E-state index >= 15 is 0 Å². The molecule has 0 saturated heterocycles. The lowest BCUT2D eigenvalue weighted by atomic mass is 10.1. The molecule has 2 aromatic carbocycles. The quantitative estimate of drug-likeness (QED) is 0.566. The van der Waals surface area contributed by atoms with Crippen LogP contribution in [0, 0.1) is 11.3 Å². The molecule has 0 aliphatic rings. The molecule has 2 rings (SSSR count). The summed E-state index contributed by atoms with van der Waals surface area (Å²) >= 11 is 15.2. The minimum atomic E-state index is -0.547. The Kier molecular flexibility index (Phi) is 5.62. The van der Waals surface area contributed by atoms with Gasteiger partial charge in [-0.15, -0.1) is 0 Å². The summed E-state index contributed by atoms with van der Waals surface area (Å²) in [6, 6.07) is 13.8. The topological polar surface area (TPSA) is 52.9 Å². The van der Waals surface area contributed by atoms with Crippen LogP contribution in [0.2, 0.25) is 10.0 Å². The number of carbonyl (C=O) groups is 1. The highest BCUT2D eigenvalue weighted by Crippen LogP contribution is 2.26. The molecule has 0 aromatic heterocycles. The standard InChI is InChI=1S/C16H9BrCl2N2O/c17-12-3-1-10(2-4-12)7-11(9-20)16(22)21-15-8-13(18)5-6-14(15)19/h1-8H,(H,21,22). The number of nitrogens with zero attached hydrogens (tertiary/aromatic N) is 1. The largest absolute Gasteiger partial charge is 0.320 e. The first kappa shape index (κ1) is 16.6. The van der Waals surface area contributed by atoms with Crippen LogP contribution >= 0.6 is 39.1 Å². The zero-order valence-corrected chi connectivity index (χ0v) is 14.2. The van der Waals surface area contributed by atoms with Crippen LogP contribution in [0.5, 0.6) is 0 Å². The van der Waals surface area contributed by atoms with Crippen LogP contribution in [0.25, 0.3) is 6.08 Å². The molecule has 110 valence electrons. The smallest absolute Gasteiger partial charge is 0.266 e. The van der Waals surface area contributed by atoms with Crippen LogP contribution in [0.3, 0.4) is 0 Å². The van der Waals surface area contributed by atoms with E-state index in [0.29, 0.717) is 15.7 Å². The molecule has 0 radical (unpaired) electrons. The molecule has 0 aliphatic carbocycles. The van der Waals surface area contributed by atoms with E-state index in [1.165, 1.54) is 12.1 Å². The van der Waals surface area contributed by atoms with Crippen LogP contribution in [-0.4, -0.2) is 5.91 Å². The van der Waals surface area contributed by atoms with Crippen LogP contribution < -0.4 is 5.32 Å². The maximum absolute atomic E-state index is 12.2. The van der Waals surface area contributed by atoms with Crippen LogP contribution in [0.4, 0.5) is 5.69 Å². The Hall–Kier alpha value is -1.80. The highest BCUT2D eigenvalue weighted by atomic mass is 79.9. The first-order valence-corrected chi connectivity index (χ1v) is 7.68. The Labute approximate surface area is 146 Å². The highest BCUT2D eigenvalue weighted by molar-refractivity contribution is 9.10. The van der Waals surface area contributed by atoms with Crippen molar-refractivity contribution in [3.05, 3.63) is 68.1 Å². The van der Waals surface area contributed by atoms with Gasteiger partial charge in [0.1, 0.15) is 11.6 Å². The Morgan fingerprint density at radius 1 is 1.18 bits per heavy atom. The molecule has 2 aromatic rings. The summed E-state index contributed by atoms with van der Waals surface area (Å²) in [6.07, 6.45) is 1.50. The van der Waals surface area contributed by atoms with Gasteiger partial charge in [0.05, 0.1) is 10.7 Å². The van der Waals surface area contributed by atoms with E-state index in [0.717, 1.165) is 10.0 Å². The van der Waals surface area contributed by atoms with Gasteiger partial charge in [0, 0.05) is 9.50 Å². The van der Waals surface area contributed by atoms with Crippen molar-refractivity contribution < 1.29 is 4.79 Å². The zero-order valence-electron chi connectivity index (χ0n) is 11.1. The predicted octanol–water partition coefficient (Wildman–Crippen LogP) is 5.30. The van der Waals surface area contributed by atoms with Gasteiger partial charge in [0.2, 0.25) is 0 Å². The van der Waals surface area contributed by atoms with E-state index in [4.69, 9.17) is 28.5 Å². The summed E-state index contributed by atoms with van der Waals surface area (Å²) in [5.41, 5.74) is 1.07. The van der Waals surface area contributed by atoms with Crippen LogP contribution in [-0.2, 0) is 4.79 Å². The summed E-state index contributed by atoms with van der Waals surface area (Å²) in [6.45, 7) is 0. The number of nitrogens with one attached hydrogen (secondary N) is 1. The maximum atomic E-state index is 12.2. The molecule has 0 atom stereocenters. The number of carbonyl (C=O) groups excluding carboxylic acids is 1. The third-order valence-electron chi connectivity index (χ3n) is 2.72. The van der Waals surface area contributed by atoms with Crippen molar-refractivity contribution in [2.75, 3.05) is 5.32 Å². The number of anilines is 1. The Morgan fingerprint density at radius 2 is 1.86 bits per heavy atom. The highest BCUT2D eigenvalue weighted by Gasteiger charge is 2.11. The SMILES string of the molecule is N#CC(=Cc1ccc(Br)cc1)C(=O)Nc1cc(Cl)ccc1Cl. The third-order valence-corrected chi connectivity index (χ3v) is 3.82. The fourth-order valence-corrected chi connectivity index (χ4v) is 2.26. The third kappa shape index (κ3) is 4.35. The molecule has 22 heavy (non-hydrogen) atoms. The molecule has 1 amide bonds. The summed E-state index contributed by atoms with van der Waals surface area (Å²) in [4.78, 5) is 12.2. The van der Waals surface area contributed by atoms with Crippen LogP contribution in [0.15, 0.2) is 52.5 Å². The van der Waals surface area contributed by atoms with Gasteiger partial charge in [0.25, 0.3) is 5.91 Å². The molecule has 0 heterocycles. The van der Waals surface area contributed by atoms with Gasteiger partial charge in [-0.25, -0.2) is 0 Å². The van der Waals surface area contributed by atoms with Crippen molar-refractivity contribution in [3.8, 4) is 6.07 Å². The molecule has 0 aliphatic heterocycles. The van der Waals surface area contributed by atoms with Gasteiger partial charge in [-0.2, -0.15) is 5.26 Å². The van der Waals surface area contributed by atoms with Crippen molar-refractivity contribution in [1.29, 1.82) is 5.26 Å². The second-order valence-electron chi connectivity index (χ2n) is 4.30. The molecular formula is C16H9BrCl2N2O. The fraction of sp³-hybridized carbons (Fsp3) is 0. The second kappa shape index (κ2) is 7.46. The van der Waals surface area contributed by atoms with Gasteiger partial charge in [-0.1, -0.05) is 51.3 Å². The molecule has 0 spiro atoms. The molecule has 3 nitrogen and oxygen atoms in total. The fourth-order valence-electron chi connectivity index (χ4n) is 1.66. The molecule has 0 saturated carbocycles. The van der Waals surface area contributed by atoms with Gasteiger partial charge >= 0.3 is 0 Å². The Morgan fingerprint density at radius 3 is 2.50 bits per heavy atom. The first-order valence-electron chi connectivity index (χ1n) is 6.13. The summed E-state index contributed by atoms with van der Waals surface area (Å²) < 4.78 is 0.915. The van der Waals surface area contributed by atoms with E-state index in [1.54, 1.807) is 24.3 Å². The lowest BCUT2D eigenvalue weighted by molar-refractivity contribution is -0.112. The van der Waals surface area contributed by atoms with Crippen LogP contribution in [0.1, 0.15) is 5.56 Å². The number of hydrogen-bond acceptors (Lipinski definition) is 2. The molecule has 0 fully saturated rings. The lowest BCUT2D eigenvalue weighted by Gasteiger charge is -2.07.